The van der Waals surface area contributed by atoms with E-state index in [1.165, 1.54) is 33.2 Å². The smallest absolute Gasteiger partial charge is 0.262 e. The molecule has 0 spiro atoms. The quantitative estimate of drug-likeness (QED) is 0.524. The molecule has 0 bridgehead atoms. The van der Waals surface area contributed by atoms with Crippen LogP contribution in [0.4, 0.5) is 5.69 Å². The van der Waals surface area contributed by atoms with Crippen LogP contribution in [0.15, 0.2) is 45.7 Å². The van der Waals surface area contributed by atoms with Crippen LogP contribution in [0.2, 0.25) is 0 Å². The van der Waals surface area contributed by atoms with Gasteiger partial charge in [-0.15, -0.1) is 11.3 Å². The number of aromatic nitrogens is 2. The van der Waals surface area contributed by atoms with Crippen LogP contribution in [-0.4, -0.2) is 27.3 Å². The van der Waals surface area contributed by atoms with Crippen molar-refractivity contribution in [2.45, 2.75) is 24.5 Å². The molecule has 3 aromatic rings. The molecule has 0 saturated carbocycles. The van der Waals surface area contributed by atoms with Crippen molar-refractivity contribution >= 4 is 44.9 Å². The second-order valence-corrected chi connectivity index (χ2v) is 7.97. The standard InChI is InChI=1S/C18H17N3O2S2/c1-11-9-12-5-3-4-6-14(12)21(11)15(22)10-25-18-19-16-13(7-8-24-16)17(23)20(18)2/h3-8,11H,9-10H2,1-2H3. The Morgan fingerprint density at radius 1 is 1.36 bits per heavy atom. The number of benzene rings is 1. The lowest BCUT2D eigenvalue weighted by atomic mass is 10.1. The predicted molar refractivity (Wildman–Crippen MR) is 103 cm³/mol. The molecule has 5 nitrogen and oxygen atoms in total. The van der Waals surface area contributed by atoms with Crippen molar-refractivity contribution in [2.24, 2.45) is 7.05 Å². The lowest BCUT2D eigenvalue weighted by Crippen LogP contribution is -2.37. The fourth-order valence-corrected chi connectivity index (χ4v) is 4.89. The van der Waals surface area contributed by atoms with E-state index >= 15 is 0 Å². The summed E-state index contributed by atoms with van der Waals surface area (Å²) in [6, 6.07) is 9.97. The lowest BCUT2D eigenvalue weighted by molar-refractivity contribution is -0.116. The molecular formula is C18H17N3O2S2. The highest BCUT2D eigenvalue weighted by Gasteiger charge is 2.30. The molecule has 25 heavy (non-hydrogen) atoms. The van der Waals surface area contributed by atoms with Gasteiger partial charge in [-0.1, -0.05) is 30.0 Å². The van der Waals surface area contributed by atoms with Crippen LogP contribution < -0.4 is 10.5 Å². The molecule has 1 aromatic carbocycles. The molecule has 0 N–H and O–H groups in total. The number of carbonyl (C=O) groups is 1. The van der Waals surface area contributed by atoms with E-state index in [0.717, 1.165) is 16.9 Å². The minimum atomic E-state index is -0.0684. The zero-order valence-corrected chi connectivity index (χ0v) is 15.6. The van der Waals surface area contributed by atoms with Crippen molar-refractivity contribution in [1.29, 1.82) is 0 Å². The maximum Gasteiger partial charge on any atom is 0.262 e. The van der Waals surface area contributed by atoms with Crippen molar-refractivity contribution < 1.29 is 4.79 Å². The summed E-state index contributed by atoms with van der Waals surface area (Å²) in [6.07, 6.45) is 0.879. The average molecular weight is 371 g/mol. The number of carbonyl (C=O) groups excluding carboxylic acids is 1. The molecule has 0 aliphatic carbocycles. The molecular weight excluding hydrogens is 354 g/mol. The Labute approximate surface area is 153 Å². The first-order valence-electron chi connectivity index (χ1n) is 8.03. The highest BCUT2D eigenvalue weighted by molar-refractivity contribution is 7.99. The monoisotopic (exact) mass is 371 g/mol. The van der Waals surface area contributed by atoms with Gasteiger partial charge in [0.25, 0.3) is 5.56 Å². The van der Waals surface area contributed by atoms with Crippen molar-refractivity contribution in [3.05, 3.63) is 51.6 Å². The van der Waals surface area contributed by atoms with Crippen LogP contribution in [0.25, 0.3) is 10.2 Å². The number of hydrogen-bond donors (Lipinski definition) is 0. The van der Waals surface area contributed by atoms with Crippen molar-refractivity contribution in [1.82, 2.24) is 9.55 Å². The number of amides is 1. The Morgan fingerprint density at radius 3 is 3.00 bits per heavy atom. The number of thioether (sulfide) groups is 1. The van der Waals surface area contributed by atoms with Gasteiger partial charge in [0.15, 0.2) is 5.16 Å². The SMILES string of the molecule is CC1Cc2ccccc2N1C(=O)CSc1nc2sccc2c(=O)n1C. The first-order chi connectivity index (χ1) is 12.1. The van der Waals surface area contributed by atoms with Crippen molar-refractivity contribution in [3.8, 4) is 0 Å². The Bertz CT molecular complexity index is 1020. The minimum absolute atomic E-state index is 0.0444. The second kappa shape index (κ2) is 6.31. The predicted octanol–water partition coefficient (Wildman–Crippen LogP) is 3.06. The van der Waals surface area contributed by atoms with Gasteiger partial charge in [0, 0.05) is 18.8 Å². The number of para-hydroxylation sites is 1. The molecule has 3 heterocycles. The van der Waals surface area contributed by atoms with E-state index in [0.29, 0.717) is 10.5 Å². The van der Waals surface area contributed by atoms with Gasteiger partial charge in [0.2, 0.25) is 5.91 Å². The fraction of sp³-hybridized carbons (Fsp3) is 0.278. The van der Waals surface area contributed by atoms with Gasteiger partial charge in [-0.25, -0.2) is 4.98 Å². The van der Waals surface area contributed by atoms with Crippen LogP contribution in [0, 0.1) is 0 Å². The molecule has 1 amide bonds. The summed E-state index contributed by atoms with van der Waals surface area (Å²) in [4.78, 5) is 32.3. The van der Waals surface area contributed by atoms with Crippen LogP contribution >= 0.6 is 23.1 Å². The largest absolute Gasteiger partial charge is 0.308 e. The van der Waals surface area contributed by atoms with Gasteiger partial charge < -0.3 is 4.90 Å². The molecule has 1 unspecified atom stereocenters. The van der Waals surface area contributed by atoms with E-state index in [4.69, 9.17) is 0 Å². The molecule has 1 atom stereocenters. The van der Waals surface area contributed by atoms with Crippen molar-refractivity contribution in [3.63, 3.8) is 0 Å². The van der Waals surface area contributed by atoms with E-state index < -0.39 is 0 Å². The van der Waals surface area contributed by atoms with Gasteiger partial charge >= 0.3 is 0 Å². The number of anilines is 1. The Hall–Kier alpha value is -2.12. The highest BCUT2D eigenvalue weighted by Crippen LogP contribution is 2.32. The molecule has 1 aliphatic rings. The third-order valence-electron chi connectivity index (χ3n) is 4.46. The summed E-state index contributed by atoms with van der Waals surface area (Å²) in [5, 5.41) is 3.07. The summed E-state index contributed by atoms with van der Waals surface area (Å²) in [7, 11) is 1.70. The van der Waals surface area contributed by atoms with Crippen LogP contribution in [-0.2, 0) is 18.3 Å². The van der Waals surface area contributed by atoms with Gasteiger partial charge in [-0.2, -0.15) is 0 Å². The maximum absolute atomic E-state index is 12.8. The Balaban J connectivity index is 1.57. The number of thiophene rings is 1. The first kappa shape index (κ1) is 16.4. The van der Waals surface area contributed by atoms with Gasteiger partial charge in [0.1, 0.15) is 4.83 Å². The van der Waals surface area contributed by atoms with E-state index in [-0.39, 0.29) is 23.3 Å². The minimum Gasteiger partial charge on any atom is -0.308 e. The topological polar surface area (TPSA) is 55.2 Å². The van der Waals surface area contributed by atoms with Crippen molar-refractivity contribution in [2.75, 3.05) is 10.7 Å². The van der Waals surface area contributed by atoms with E-state index in [2.05, 4.69) is 18.0 Å². The molecule has 0 saturated heterocycles. The fourth-order valence-electron chi connectivity index (χ4n) is 3.25. The van der Waals surface area contributed by atoms with Crippen LogP contribution in [0.3, 0.4) is 0 Å². The molecule has 4 rings (SSSR count). The van der Waals surface area contributed by atoms with Gasteiger partial charge in [0.05, 0.1) is 11.1 Å². The summed E-state index contributed by atoms with van der Waals surface area (Å²) in [5.74, 6) is 0.304. The van der Waals surface area contributed by atoms with Gasteiger partial charge in [-0.3, -0.25) is 14.2 Å². The molecule has 7 heteroatoms. The summed E-state index contributed by atoms with van der Waals surface area (Å²) >= 11 is 2.76. The zero-order valence-electron chi connectivity index (χ0n) is 13.9. The Kier molecular flexibility index (Phi) is 4.13. The third-order valence-corrected chi connectivity index (χ3v) is 6.29. The number of fused-ring (bicyclic) bond motifs is 2. The molecule has 0 radical (unpaired) electrons. The van der Waals surface area contributed by atoms with Crippen LogP contribution in [0.1, 0.15) is 12.5 Å². The molecule has 128 valence electrons. The van der Waals surface area contributed by atoms with Gasteiger partial charge in [-0.05, 0) is 36.4 Å². The van der Waals surface area contributed by atoms with Crippen LogP contribution in [0.5, 0.6) is 0 Å². The first-order valence-corrected chi connectivity index (χ1v) is 9.90. The average Bonchev–Trinajstić information content (AvgIpc) is 3.19. The number of nitrogens with zero attached hydrogens (tertiary/aromatic N) is 3. The molecule has 0 fully saturated rings. The summed E-state index contributed by atoms with van der Waals surface area (Å²) in [6.45, 7) is 2.06. The van der Waals surface area contributed by atoms with E-state index in [9.17, 15) is 9.59 Å². The highest BCUT2D eigenvalue weighted by atomic mass is 32.2. The third kappa shape index (κ3) is 2.77. The van der Waals surface area contributed by atoms with E-state index in [1.807, 2.05) is 28.5 Å². The summed E-state index contributed by atoms with van der Waals surface area (Å²) in [5.41, 5.74) is 2.14. The zero-order chi connectivity index (χ0) is 17.6. The maximum atomic E-state index is 12.8. The normalized spacial score (nSPS) is 16.4. The number of hydrogen-bond acceptors (Lipinski definition) is 5. The molecule has 2 aromatic heterocycles. The molecule has 1 aliphatic heterocycles. The Morgan fingerprint density at radius 2 is 2.16 bits per heavy atom. The number of rotatable bonds is 3. The lowest BCUT2D eigenvalue weighted by Gasteiger charge is -2.22. The second-order valence-electron chi connectivity index (χ2n) is 6.13. The summed E-state index contributed by atoms with van der Waals surface area (Å²) < 4.78 is 1.52. The van der Waals surface area contributed by atoms with E-state index in [1.54, 1.807) is 13.1 Å².